The second-order valence-electron chi connectivity index (χ2n) is 5.46. The lowest BCUT2D eigenvalue weighted by molar-refractivity contribution is -0.145. The molecule has 112 valence electrons. The number of nitrogens with zero attached hydrogens (tertiary/aromatic N) is 1. The number of benzene rings is 1. The van der Waals surface area contributed by atoms with Crippen molar-refractivity contribution >= 4 is 33.8 Å². The Balaban J connectivity index is 2.35. The first-order chi connectivity index (χ1) is 9.82. The Kier molecular flexibility index (Phi) is 4.46. The van der Waals surface area contributed by atoms with E-state index in [1.165, 1.54) is 0 Å². The average molecular weight is 353 g/mol. The lowest BCUT2D eigenvalue weighted by Gasteiger charge is -2.35. The predicted molar refractivity (Wildman–Crippen MR) is 81.3 cm³/mol. The van der Waals surface area contributed by atoms with Crippen LogP contribution in [0.4, 0.5) is 4.79 Å². The zero-order valence-corrected chi connectivity index (χ0v) is 13.7. The third kappa shape index (κ3) is 3.00. The van der Waals surface area contributed by atoms with Crippen LogP contribution >= 0.6 is 15.9 Å². The van der Waals surface area contributed by atoms with E-state index >= 15 is 0 Å². The number of carbonyl (C=O) groups is 3. The molecule has 1 aromatic rings. The van der Waals surface area contributed by atoms with Gasteiger partial charge < -0.3 is 0 Å². The minimum atomic E-state index is -0.822. The molecule has 0 bridgehead atoms. The second-order valence-corrected chi connectivity index (χ2v) is 6.37. The summed E-state index contributed by atoms with van der Waals surface area (Å²) in [5, 5.41) is 2.27. The van der Waals surface area contributed by atoms with Gasteiger partial charge in [0.15, 0.2) is 0 Å². The third-order valence-electron chi connectivity index (χ3n) is 3.62. The van der Waals surface area contributed by atoms with Crippen LogP contribution in [0.2, 0.25) is 0 Å². The highest BCUT2D eigenvalue weighted by molar-refractivity contribution is 9.10. The molecule has 1 heterocycles. The number of carbonyl (C=O) groups excluding carboxylic acids is 3. The van der Waals surface area contributed by atoms with Crippen LogP contribution in [-0.2, 0) is 9.59 Å². The molecule has 2 atom stereocenters. The number of imide groups is 2. The summed E-state index contributed by atoms with van der Waals surface area (Å²) in [6.07, 6.45) is 0. The van der Waals surface area contributed by atoms with Gasteiger partial charge in [0.1, 0.15) is 5.92 Å². The molecule has 21 heavy (non-hydrogen) atoms. The Morgan fingerprint density at radius 3 is 2.43 bits per heavy atom. The molecule has 2 unspecified atom stereocenters. The van der Waals surface area contributed by atoms with Crippen molar-refractivity contribution in [2.45, 2.75) is 26.8 Å². The molecule has 6 heteroatoms. The lowest BCUT2D eigenvalue weighted by atomic mass is 9.91. The van der Waals surface area contributed by atoms with E-state index in [0.717, 1.165) is 14.9 Å². The number of hydrogen-bond donors (Lipinski definition) is 1. The number of barbiturate groups is 1. The molecule has 0 aliphatic carbocycles. The van der Waals surface area contributed by atoms with E-state index in [4.69, 9.17) is 0 Å². The first kappa shape index (κ1) is 15.7. The number of nitrogens with one attached hydrogen (secondary N) is 1. The van der Waals surface area contributed by atoms with Crippen LogP contribution in [-0.4, -0.2) is 22.7 Å². The molecule has 1 fully saturated rings. The van der Waals surface area contributed by atoms with E-state index in [0.29, 0.717) is 0 Å². The van der Waals surface area contributed by atoms with Crippen molar-refractivity contribution in [1.29, 1.82) is 0 Å². The summed E-state index contributed by atoms with van der Waals surface area (Å²) in [7, 11) is 0. The van der Waals surface area contributed by atoms with Gasteiger partial charge in [-0.3, -0.25) is 19.8 Å². The van der Waals surface area contributed by atoms with Crippen molar-refractivity contribution in [3.8, 4) is 0 Å². The Morgan fingerprint density at radius 2 is 1.86 bits per heavy atom. The molecule has 5 nitrogen and oxygen atoms in total. The summed E-state index contributed by atoms with van der Waals surface area (Å²) in [4.78, 5) is 37.5. The number of amides is 4. The Bertz CT molecular complexity index is 600. The monoisotopic (exact) mass is 352 g/mol. The normalized spacial score (nSPS) is 20.7. The lowest BCUT2D eigenvalue weighted by Crippen LogP contribution is -2.59. The van der Waals surface area contributed by atoms with Crippen molar-refractivity contribution in [2.75, 3.05) is 0 Å². The van der Waals surface area contributed by atoms with E-state index in [1.54, 1.807) is 20.8 Å². The smallest absolute Gasteiger partial charge is 0.277 e. The second kappa shape index (κ2) is 5.97. The van der Waals surface area contributed by atoms with Gasteiger partial charge in [-0.05, 0) is 30.5 Å². The molecule has 4 amide bonds. The fourth-order valence-corrected chi connectivity index (χ4v) is 2.89. The summed E-state index contributed by atoms with van der Waals surface area (Å²) in [6.45, 7) is 5.35. The molecule has 0 spiro atoms. The maximum absolute atomic E-state index is 12.5. The fourth-order valence-electron chi connectivity index (χ4n) is 2.48. The standard InChI is InChI=1S/C15H17BrN2O3/c1-8(2)12-13(19)17-15(21)18(14(12)20)9(3)10-5-4-6-11(16)7-10/h4-9,12H,1-3H3,(H,17,19,21). The minimum absolute atomic E-state index is 0.164. The zero-order valence-electron chi connectivity index (χ0n) is 12.1. The molecule has 0 saturated carbocycles. The van der Waals surface area contributed by atoms with Crippen LogP contribution < -0.4 is 5.32 Å². The van der Waals surface area contributed by atoms with E-state index in [9.17, 15) is 14.4 Å². The van der Waals surface area contributed by atoms with E-state index in [2.05, 4.69) is 21.2 Å². The Labute approximate surface area is 131 Å². The highest BCUT2D eigenvalue weighted by Gasteiger charge is 2.44. The summed E-state index contributed by atoms with van der Waals surface area (Å²) in [6, 6.07) is 6.31. The van der Waals surface area contributed by atoms with E-state index < -0.39 is 29.8 Å². The summed E-state index contributed by atoms with van der Waals surface area (Å²) in [5.41, 5.74) is 0.824. The first-order valence-corrected chi connectivity index (χ1v) is 7.55. The van der Waals surface area contributed by atoms with Crippen LogP contribution in [0.25, 0.3) is 0 Å². The maximum Gasteiger partial charge on any atom is 0.331 e. The van der Waals surface area contributed by atoms with Crippen LogP contribution in [0, 0.1) is 11.8 Å². The molecule has 0 aromatic heterocycles. The van der Waals surface area contributed by atoms with Crippen molar-refractivity contribution in [1.82, 2.24) is 10.2 Å². The fraction of sp³-hybridized carbons (Fsp3) is 0.400. The van der Waals surface area contributed by atoms with Crippen LogP contribution in [0.3, 0.4) is 0 Å². The molecule has 1 aliphatic rings. The zero-order chi connectivity index (χ0) is 15.7. The van der Waals surface area contributed by atoms with Gasteiger partial charge >= 0.3 is 6.03 Å². The van der Waals surface area contributed by atoms with Crippen molar-refractivity contribution < 1.29 is 14.4 Å². The molecule has 1 aromatic carbocycles. The van der Waals surface area contributed by atoms with Crippen LogP contribution in [0.1, 0.15) is 32.4 Å². The molecule has 1 aliphatic heterocycles. The van der Waals surface area contributed by atoms with Gasteiger partial charge in [-0.25, -0.2) is 4.79 Å². The summed E-state index contributed by atoms with van der Waals surface area (Å²) >= 11 is 3.37. The number of urea groups is 1. The quantitative estimate of drug-likeness (QED) is 0.850. The topological polar surface area (TPSA) is 66.5 Å². The molecule has 2 rings (SSSR count). The van der Waals surface area contributed by atoms with Crippen molar-refractivity contribution in [2.24, 2.45) is 11.8 Å². The van der Waals surface area contributed by atoms with Crippen LogP contribution in [0.5, 0.6) is 0 Å². The van der Waals surface area contributed by atoms with Gasteiger partial charge in [0.25, 0.3) is 0 Å². The summed E-state index contributed by atoms with van der Waals surface area (Å²) < 4.78 is 0.869. The van der Waals surface area contributed by atoms with Crippen molar-refractivity contribution in [3.63, 3.8) is 0 Å². The van der Waals surface area contributed by atoms with Crippen molar-refractivity contribution in [3.05, 3.63) is 34.3 Å². The number of hydrogen-bond acceptors (Lipinski definition) is 3. The minimum Gasteiger partial charge on any atom is -0.277 e. The molecular weight excluding hydrogens is 336 g/mol. The van der Waals surface area contributed by atoms with E-state index in [1.807, 2.05) is 24.3 Å². The van der Waals surface area contributed by atoms with Gasteiger partial charge in [0, 0.05) is 4.47 Å². The first-order valence-electron chi connectivity index (χ1n) is 6.76. The maximum atomic E-state index is 12.5. The van der Waals surface area contributed by atoms with Gasteiger partial charge in [0.05, 0.1) is 6.04 Å². The molecular formula is C15H17BrN2O3. The number of rotatable bonds is 3. The van der Waals surface area contributed by atoms with Gasteiger partial charge in [-0.2, -0.15) is 0 Å². The molecule has 1 saturated heterocycles. The van der Waals surface area contributed by atoms with Gasteiger partial charge in [0.2, 0.25) is 11.8 Å². The van der Waals surface area contributed by atoms with Gasteiger partial charge in [-0.1, -0.05) is 41.9 Å². The van der Waals surface area contributed by atoms with Crippen LogP contribution in [0.15, 0.2) is 28.7 Å². The van der Waals surface area contributed by atoms with E-state index in [-0.39, 0.29) is 5.92 Å². The Morgan fingerprint density at radius 1 is 1.19 bits per heavy atom. The predicted octanol–water partition coefficient (Wildman–Crippen LogP) is 2.86. The molecule has 1 N–H and O–H groups in total. The third-order valence-corrected chi connectivity index (χ3v) is 4.11. The highest BCUT2D eigenvalue weighted by atomic mass is 79.9. The Hall–Kier alpha value is -1.69. The SMILES string of the molecule is CC(C)C1C(=O)NC(=O)N(C(C)c2cccc(Br)c2)C1=O. The molecule has 0 radical (unpaired) electrons. The largest absolute Gasteiger partial charge is 0.331 e. The number of halogens is 1. The average Bonchev–Trinajstić information content (AvgIpc) is 2.37. The summed E-state index contributed by atoms with van der Waals surface area (Å²) in [5.74, 6) is -1.94. The van der Waals surface area contributed by atoms with Gasteiger partial charge in [-0.15, -0.1) is 0 Å². The highest BCUT2D eigenvalue weighted by Crippen LogP contribution is 2.28.